The molecule has 14 nitrogen and oxygen atoms in total. The number of amides is 5. The predicted molar refractivity (Wildman–Crippen MR) is 160 cm³/mol. The van der Waals surface area contributed by atoms with Crippen LogP contribution in [0.4, 0.5) is 0 Å². The van der Waals surface area contributed by atoms with Crippen LogP contribution in [0.25, 0.3) is 0 Å². The van der Waals surface area contributed by atoms with E-state index in [9.17, 15) is 33.9 Å². The van der Waals surface area contributed by atoms with Crippen LogP contribution in [-0.2, 0) is 35.2 Å². The van der Waals surface area contributed by atoms with Crippen molar-refractivity contribution in [3.63, 3.8) is 0 Å². The number of carboxylic acids is 1. The van der Waals surface area contributed by atoms with Crippen LogP contribution in [0.1, 0.15) is 96.6 Å². The SMILES string of the molecule is CCCCCCCCCCCCCC(=O)N[C@@H](C)C(=O)NCC(=O)NCC(=O)NCC(=O)N[C@@H](Cc1cnc[nH]1)C(=O)O. The molecule has 0 saturated heterocycles. The van der Waals surface area contributed by atoms with Crippen molar-refractivity contribution in [2.45, 2.75) is 109 Å². The molecule has 5 amide bonds. The number of carboxylic acid groups (broad SMARTS) is 1. The van der Waals surface area contributed by atoms with Crippen molar-refractivity contribution in [2.24, 2.45) is 0 Å². The van der Waals surface area contributed by atoms with E-state index >= 15 is 0 Å². The van der Waals surface area contributed by atoms with E-state index in [4.69, 9.17) is 0 Å². The number of aromatic nitrogens is 2. The molecule has 0 bridgehead atoms. The molecule has 0 spiro atoms. The second kappa shape index (κ2) is 22.6. The van der Waals surface area contributed by atoms with Gasteiger partial charge in [0, 0.05) is 24.7 Å². The Hall–Kier alpha value is -3.97. The van der Waals surface area contributed by atoms with Crippen LogP contribution in [-0.4, -0.2) is 82.3 Å². The number of nitrogens with one attached hydrogen (secondary N) is 6. The van der Waals surface area contributed by atoms with Crippen LogP contribution in [0.3, 0.4) is 0 Å². The molecule has 14 heteroatoms. The normalized spacial score (nSPS) is 12.0. The number of aromatic amines is 1. The zero-order valence-electron chi connectivity index (χ0n) is 25.5. The van der Waals surface area contributed by atoms with E-state index in [0.29, 0.717) is 12.1 Å². The Balaban J connectivity index is 2.12. The third-order valence-electron chi connectivity index (χ3n) is 6.71. The number of aliphatic carboxylic acids is 1. The summed E-state index contributed by atoms with van der Waals surface area (Å²) in [4.78, 5) is 78.2. The summed E-state index contributed by atoms with van der Waals surface area (Å²) in [5.74, 6) is -4.05. The minimum atomic E-state index is -1.25. The molecule has 7 N–H and O–H groups in total. The number of hydrogen-bond donors (Lipinski definition) is 7. The van der Waals surface area contributed by atoms with Gasteiger partial charge in [-0.1, -0.05) is 71.1 Å². The monoisotopic (exact) mass is 607 g/mol. The molecular weight excluding hydrogens is 558 g/mol. The molecule has 0 aliphatic carbocycles. The summed E-state index contributed by atoms with van der Waals surface area (Å²) in [6, 6.07) is -2.04. The number of carbonyl (C=O) groups excluding carboxylic acids is 5. The first-order valence-corrected chi connectivity index (χ1v) is 15.2. The lowest BCUT2D eigenvalue weighted by Crippen LogP contribution is -2.49. The Kier molecular flexibility index (Phi) is 19.5. The average molecular weight is 608 g/mol. The molecule has 0 aromatic carbocycles. The molecule has 0 radical (unpaired) electrons. The van der Waals surface area contributed by atoms with Crippen LogP contribution in [0.5, 0.6) is 0 Å². The fourth-order valence-corrected chi connectivity index (χ4v) is 4.19. The Morgan fingerprint density at radius 2 is 1.28 bits per heavy atom. The molecule has 1 heterocycles. The summed E-state index contributed by atoms with van der Waals surface area (Å²) < 4.78 is 0. The Bertz CT molecular complexity index is 1000. The summed E-state index contributed by atoms with van der Waals surface area (Å²) in [5, 5.41) is 21.2. The summed E-state index contributed by atoms with van der Waals surface area (Å²) >= 11 is 0. The van der Waals surface area contributed by atoms with Gasteiger partial charge in [0.15, 0.2) is 0 Å². The highest BCUT2D eigenvalue weighted by Crippen LogP contribution is 2.12. The average Bonchev–Trinajstić information content (AvgIpc) is 3.49. The molecule has 43 heavy (non-hydrogen) atoms. The van der Waals surface area contributed by atoms with Crippen LogP contribution in [0, 0.1) is 0 Å². The van der Waals surface area contributed by atoms with Gasteiger partial charge in [-0.25, -0.2) is 9.78 Å². The van der Waals surface area contributed by atoms with Crippen molar-refractivity contribution in [3.05, 3.63) is 18.2 Å². The smallest absolute Gasteiger partial charge is 0.326 e. The van der Waals surface area contributed by atoms with Crippen LogP contribution in [0.15, 0.2) is 12.5 Å². The van der Waals surface area contributed by atoms with E-state index in [1.807, 2.05) is 0 Å². The van der Waals surface area contributed by atoms with Gasteiger partial charge in [-0.2, -0.15) is 0 Å². The van der Waals surface area contributed by atoms with Gasteiger partial charge in [0.2, 0.25) is 29.5 Å². The molecule has 242 valence electrons. The number of imidazole rings is 1. The molecule has 0 saturated carbocycles. The first-order valence-electron chi connectivity index (χ1n) is 15.2. The van der Waals surface area contributed by atoms with E-state index in [-0.39, 0.29) is 12.3 Å². The second-order valence-electron chi connectivity index (χ2n) is 10.6. The maximum absolute atomic E-state index is 12.2. The molecule has 0 unspecified atom stereocenters. The van der Waals surface area contributed by atoms with E-state index < -0.39 is 61.3 Å². The summed E-state index contributed by atoms with van der Waals surface area (Å²) in [6.07, 6.45) is 16.2. The van der Waals surface area contributed by atoms with Gasteiger partial charge in [0.25, 0.3) is 0 Å². The number of carbonyl (C=O) groups is 6. The summed E-state index contributed by atoms with van der Waals surface area (Å²) in [7, 11) is 0. The van der Waals surface area contributed by atoms with Crippen LogP contribution >= 0.6 is 0 Å². The topological polar surface area (TPSA) is 211 Å². The van der Waals surface area contributed by atoms with Gasteiger partial charge in [-0.05, 0) is 13.3 Å². The van der Waals surface area contributed by atoms with Crippen molar-refractivity contribution in [1.29, 1.82) is 0 Å². The number of H-pyrrole nitrogens is 1. The van der Waals surface area contributed by atoms with Crippen LogP contribution < -0.4 is 26.6 Å². The number of rotatable bonds is 24. The van der Waals surface area contributed by atoms with Gasteiger partial charge >= 0.3 is 5.97 Å². The Labute approximate surface area is 253 Å². The van der Waals surface area contributed by atoms with E-state index in [2.05, 4.69) is 43.5 Å². The summed E-state index contributed by atoms with van der Waals surface area (Å²) in [6.45, 7) is 2.39. The Morgan fingerprint density at radius 3 is 1.81 bits per heavy atom. The number of nitrogens with zero attached hydrogens (tertiary/aromatic N) is 1. The van der Waals surface area contributed by atoms with Gasteiger partial charge in [-0.15, -0.1) is 0 Å². The minimum absolute atomic E-state index is 0.0154. The number of hydrogen-bond acceptors (Lipinski definition) is 7. The van der Waals surface area contributed by atoms with Gasteiger partial charge < -0.3 is 36.7 Å². The number of unbranched alkanes of at least 4 members (excludes halogenated alkanes) is 10. The highest BCUT2D eigenvalue weighted by atomic mass is 16.4. The highest BCUT2D eigenvalue weighted by molar-refractivity contribution is 5.92. The molecule has 0 aliphatic rings. The lowest BCUT2D eigenvalue weighted by molar-refractivity contribution is -0.141. The predicted octanol–water partition coefficient (Wildman–Crippen LogP) is 1.08. The molecular formula is C29H49N7O7. The maximum atomic E-state index is 12.2. The van der Waals surface area contributed by atoms with Gasteiger partial charge in [0.1, 0.15) is 12.1 Å². The third kappa shape index (κ3) is 19.0. The minimum Gasteiger partial charge on any atom is -0.480 e. The van der Waals surface area contributed by atoms with Crippen molar-refractivity contribution >= 4 is 35.5 Å². The second-order valence-corrected chi connectivity index (χ2v) is 10.6. The summed E-state index contributed by atoms with van der Waals surface area (Å²) in [5.41, 5.74) is 0.517. The highest BCUT2D eigenvalue weighted by Gasteiger charge is 2.21. The zero-order chi connectivity index (χ0) is 31.9. The van der Waals surface area contributed by atoms with Crippen molar-refractivity contribution in [1.82, 2.24) is 36.6 Å². The van der Waals surface area contributed by atoms with Gasteiger partial charge in [0.05, 0.1) is 26.0 Å². The van der Waals surface area contributed by atoms with Crippen molar-refractivity contribution in [3.8, 4) is 0 Å². The van der Waals surface area contributed by atoms with Crippen LogP contribution in [0.2, 0.25) is 0 Å². The van der Waals surface area contributed by atoms with Crippen molar-refractivity contribution in [2.75, 3.05) is 19.6 Å². The fourth-order valence-electron chi connectivity index (χ4n) is 4.19. The lowest BCUT2D eigenvalue weighted by atomic mass is 10.1. The fraction of sp³-hybridized carbons (Fsp3) is 0.690. The van der Waals surface area contributed by atoms with E-state index in [1.165, 1.54) is 70.8 Å². The quantitative estimate of drug-likeness (QED) is 0.0843. The molecule has 2 atom stereocenters. The van der Waals surface area contributed by atoms with Crippen molar-refractivity contribution < 1.29 is 33.9 Å². The molecule has 0 fully saturated rings. The Morgan fingerprint density at radius 1 is 0.744 bits per heavy atom. The largest absolute Gasteiger partial charge is 0.480 e. The maximum Gasteiger partial charge on any atom is 0.326 e. The molecule has 0 aliphatic heterocycles. The first-order chi connectivity index (χ1) is 20.6. The molecule has 1 aromatic heterocycles. The lowest BCUT2D eigenvalue weighted by Gasteiger charge is -2.15. The van der Waals surface area contributed by atoms with E-state index in [0.717, 1.165) is 19.3 Å². The standard InChI is InChI=1S/C29H49N7O7/c1-3-4-5-6-7-8-9-10-11-12-13-14-24(37)35-21(2)28(41)33-18-26(39)31-17-25(38)32-19-27(40)36-23(29(42)43)15-22-16-30-20-34-22/h16,20-21,23H,3-15,17-19H2,1-2H3,(H,30,34)(H,31,39)(H,32,38)(H,33,41)(H,35,37)(H,36,40)(H,42,43)/t21-,23-/m0/s1. The molecule has 1 rings (SSSR count). The zero-order valence-corrected chi connectivity index (χ0v) is 25.5. The van der Waals surface area contributed by atoms with E-state index in [1.54, 1.807) is 0 Å². The first kappa shape index (κ1) is 37.1. The van der Waals surface area contributed by atoms with Gasteiger partial charge in [-0.3, -0.25) is 24.0 Å². The molecule has 1 aromatic rings. The third-order valence-corrected chi connectivity index (χ3v) is 6.71.